The van der Waals surface area contributed by atoms with Gasteiger partial charge in [0.1, 0.15) is 0 Å². The monoisotopic (exact) mass is 203 g/mol. The molecule has 1 rings (SSSR count). The smallest absolute Gasteiger partial charge is 0.321 e. The second-order valence-electron chi connectivity index (χ2n) is 3.01. The molecule has 76 valence electrons. The zero-order valence-corrected chi connectivity index (χ0v) is 7.88. The second kappa shape index (κ2) is 4.91. The van der Waals surface area contributed by atoms with E-state index in [2.05, 4.69) is 0 Å². The molecule has 0 saturated heterocycles. The van der Waals surface area contributed by atoms with Crippen LogP contribution in [0.15, 0.2) is 30.3 Å². The Labute approximate surface area is 86.8 Å². The quantitative estimate of drug-likeness (QED) is 0.752. The number of aliphatic carboxylic acids is 1. The molecule has 0 spiro atoms. The first kappa shape index (κ1) is 10.9. The maximum absolute atomic E-state index is 11.5. The summed E-state index contributed by atoms with van der Waals surface area (Å²) in [5.74, 6) is -2.86. The van der Waals surface area contributed by atoms with Crippen molar-refractivity contribution in [2.24, 2.45) is 5.92 Å². The van der Waals surface area contributed by atoms with Gasteiger partial charge in [-0.3, -0.25) is 9.59 Å². The number of nitrogens with zero attached hydrogens (tertiary/aromatic N) is 1. The van der Waals surface area contributed by atoms with Crippen molar-refractivity contribution in [3.05, 3.63) is 35.9 Å². The molecule has 0 aliphatic carbocycles. The third kappa shape index (κ3) is 2.92. The van der Waals surface area contributed by atoms with Crippen molar-refractivity contribution in [1.29, 1.82) is 5.26 Å². The molecule has 0 amide bonds. The van der Waals surface area contributed by atoms with Crippen LogP contribution in [-0.2, 0) is 4.79 Å². The van der Waals surface area contributed by atoms with Gasteiger partial charge in [-0.15, -0.1) is 0 Å². The van der Waals surface area contributed by atoms with Gasteiger partial charge in [-0.05, 0) is 0 Å². The zero-order chi connectivity index (χ0) is 11.3. The van der Waals surface area contributed by atoms with Crippen LogP contribution < -0.4 is 0 Å². The largest absolute Gasteiger partial charge is 0.480 e. The summed E-state index contributed by atoms with van der Waals surface area (Å²) in [7, 11) is 0. The van der Waals surface area contributed by atoms with Gasteiger partial charge in [0, 0.05) is 12.0 Å². The Morgan fingerprint density at radius 2 is 1.93 bits per heavy atom. The molecular weight excluding hydrogens is 194 g/mol. The minimum absolute atomic E-state index is 0.282. The van der Waals surface area contributed by atoms with Crippen LogP contribution in [0.25, 0.3) is 0 Å². The van der Waals surface area contributed by atoms with E-state index in [9.17, 15) is 9.59 Å². The number of carboxylic acids is 1. The van der Waals surface area contributed by atoms with Gasteiger partial charge in [-0.2, -0.15) is 5.26 Å². The van der Waals surface area contributed by atoms with Gasteiger partial charge in [0.15, 0.2) is 11.7 Å². The number of hydrogen-bond acceptors (Lipinski definition) is 3. The van der Waals surface area contributed by atoms with E-state index in [0.717, 1.165) is 0 Å². The number of hydrogen-bond donors (Lipinski definition) is 1. The first-order valence-corrected chi connectivity index (χ1v) is 4.36. The van der Waals surface area contributed by atoms with Gasteiger partial charge in [0.25, 0.3) is 0 Å². The van der Waals surface area contributed by atoms with Crippen molar-refractivity contribution in [2.75, 3.05) is 0 Å². The molecule has 0 aliphatic heterocycles. The van der Waals surface area contributed by atoms with Crippen LogP contribution in [-0.4, -0.2) is 16.9 Å². The minimum Gasteiger partial charge on any atom is -0.480 e. The van der Waals surface area contributed by atoms with E-state index < -0.39 is 11.9 Å². The zero-order valence-electron chi connectivity index (χ0n) is 7.88. The maximum atomic E-state index is 11.5. The molecule has 1 aromatic carbocycles. The molecule has 0 aliphatic rings. The molecular formula is C11H9NO3. The predicted molar refractivity (Wildman–Crippen MR) is 52.1 cm³/mol. The lowest BCUT2D eigenvalue weighted by atomic mass is 10.00. The average molecular weight is 203 g/mol. The minimum atomic E-state index is -1.27. The normalized spacial score (nSPS) is 11.4. The van der Waals surface area contributed by atoms with Crippen LogP contribution in [0.3, 0.4) is 0 Å². The van der Waals surface area contributed by atoms with Crippen molar-refractivity contribution in [3.8, 4) is 6.07 Å². The molecule has 0 fully saturated rings. The molecule has 4 heteroatoms. The van der Waals surface area contributed by atoms with E-state index in [1.807, 2.05) is 0 Å². The fourth-order valence-electron chi connectivity index (χ4n) is 1.12. The standard InChI is InChI=1S/C11H9NO3/c12-7-9(11(14)15)6-10(13)8-4-2-1-3-5-8/h1-5,9H,6H2,(H,14,15). The molecule has 15 heavy (non-hydrogen) atoms. The molecule has 1 N–H and O–H groups in total. The number of rotatable bonds is 4. The lowest BCUT2D eigenvalue weighted by Crippen LogP contribution is -2.16. The summed E-state index contributed by atoms with van der Waals surface area (Å²) in [6.45, 7) is 0. The first-order chi connectivity index (χ1) is 7.15. The van der Waals surface area contributed by atoms with Crippen LogP contribution in [0.5, 0.6) is 0 Å². The third-order valence-corrected chi connectivity index (χ3v) is 1.94. The number of nitriles is 1. The molecule has 0 aromatic heterocycles. The summed E-state index contributed by atoms with van der Waals surface area (Å²) in [5.41, 5.74) is 0.430. The van der Waals surface area contributed by atoms with Gasteiger partial charge in [-0.25, -0.2) is 0 Å². The van der Waals surface area contributed by atoms with Gasteiger partial charge in [-0.1, -0.05) is 30.3 Å². The fraction of sp³-hybridized carbons (Fsp3) is 0.182. The molecule has 1 atom stereocenters. The number of benzene rings is 1. The van der Waals surface area contributed by atoms with E-state index in [-0.39, 0.29) is 12.2 Å². The Balaban J connectivity index is 2.73. The Hall–Kier alpha value is -2.15. The van der Waals surface area contributed by atoms with Crippen molar-refractivity contribution >= 4 is 11.8 Å². The van der Waals surface area contributed by atoms with Gasteiger partial charge in [0.2, 0.25) is 0 Å². The first-order valence-electron chi connectivity index (χ1n) is 4.36. The number of carbonyl (C=O) groups is 2. The van der Waals surface area contributed by atoms with Crippen molar-refractivity contribution in [1.82, 2.24) is 0 Å². The Bertz CT molecular complexity index is 406. The lowest BCUT2D eigenvalue weighted by Gasteiger charge is -2.02. The lowest BCUT2D eigenvalue weighted by molar-refractivity contribution is -0.139. The highest BCUT2D eigenvalue weighted by Crippen LogP contribution is 2.09. The molecule has 0 heterocycles. The van der Waals surface area contributed by atoms with E-state index in [1.165, 1.54) is 0 Å². The van der Waals surface area contributed by atoms with Crippen LogP contribution >= 0.6 is 0 Å². The highest BCUT2D eigenvalue weighted by molar-refractivity contribution is 5.98. The van der Waals surface area contributed by atoms with Crippen molar-refractivity contribution in [3.63, 3.8) is 0 Å². The van der Waals surface area contributed by atoms with E-state index >= 15 is 0 Å². The summed E-state index contributed by atoms with van der Waals surface area (Å²) >= 11 is 0. The van der Waals surface area contributed by atoms with Crippen molar-refractivity contribution in [2.45, 2.75) is 6.42 Å². The SMILES string of the molecule is N#CC(CC(=O)c1ccccc1)C(=O)O. The van der Waals surface area contributed by atoms with E-state index in [0.29, 0.717) is 5.56 Å². The second-order valence-corrected chi connectivity index (χ2v) is 3.01. The summed E-state index contributed by atoms with van der Waals surface area (Å²) < 4.78 is 0. The summed E-state index contributed by atoms with van der Waals surface area (Å²) in [4.78, 5) is 22.0. The molecule has 4 nitrogen and oxygen atoms in total. The molecule has 0 saturated carbocycles. The van der Waals surface area contributed by atoms with Gasteiger partial charge in [0.05, 0.1) is 6.07 Å². The fourth-order valence-corrected chi connectivity index (χ4v) is 1.12. The summed E-state index contributed by atoms with van der Waals surface area (Å²) in [5, 5.41) is 17.1. The van der Waals surface area contributed by atoms with Gasteiger partial charge >= 0.3 is 5.97 Å². The molecule has 1 aromatic rings. The number of carbonyl (C=O) groups excluding carboxylic acids is 1. The summed E-state index contributed by atoms with van der Waals surface area (Å²) in [6, 6.07) is 9.91. The average Bonchev–Trinajstić information content (AvgIpc) is 2.26. The summed E-state index contributed by atoms with van der Waals surface area (Å²) in [6.07, 6.45) is -0.282. The number of carboxylic acid groups (broad SMARTS) is 1. The van der Waals surface area contributed by atoms with E-state index in [4.69, 9.17) is 10.4 Å². The molecule has 0 radical (unpaired) electrons. The van der Waals surface area contributed by atoms with Crippen LogP contribution in [0.1, 0.15) is 16.8 Å². The third-order valence-electron chi connectivity index (χ3n) is 1.94. The van der Waals surface area contributed by atoms with E-state index in [1.54, 1.807) is 36.4 Å². The predicted octanol–water partition coefficient (Wildman–Crippen LogP) is 1.48. The van der Waals surface area contributed by atoms with Crippen molar-refractivity contribution < 1.29 is 14.7 Å². The number of ketones is 1. The number of Topliss-reactive ketones (excluding diaryl/α,β-unsaturated/α-hetero) is 1. The molecule has 1 unspecified atom stereocenters. The Morgan fingerprint density at radius 1 is 1.33 bits per heavy atom. The van der Waals surface area contributed by atoms with Crippen LogP contribution in [0, 0.1) is 17.2 Å². The Morgan fingerprint density at radius 3 is 2.40 bits per heavy atom. The van der Waals surface area contributed by atoms with Gasteiger partial charge < -0.3 is 5.11 Å². The highest BCUT2D eigenvalue weighted by atomic mass is 16.4. The Kier molecular flexibility index (Phi) is 3.58. The topological polar surface area (TPSA) is 78.2 Å². The van der Waals surface area contributed by atoms with Crippen LogP contribution in [0.4, 0.5) is 0 Å². The highest BCUT2D eigenvalue weighted by Gasteiger charge is 2.21. The maximum Gasteiger partial charge on any atom is 0.321 e. The van der Waals surface area contributed by atoms with Crippen LogP contribution in [0.2, 0.25) is 0 Å². The molecule has 0 bridgehead atoms.